The first-order valence-electron chi connectivity index (χ1n) is 11.4. The summed E-state index contributed by atoms with van der Waals surface area (Å²) in [6.45, 7) is 0. The van der Waals surface area contributed by atoms with Crippen molar-refractivity contribution in [3.8, 4) is 5.75 Å². The zero-order chi connectivity index (χ0) is 33.7. The number of rotatable bonds is 8. The Morgan fingerprint density at radius 2 is 1.07 bits per heavy atom. The Balaban J connectivity index is 2.01. The van der Waals surface area contributed by atoms with E-state index in [1.54, 1.807) is 0 Å². The van der Waals surface area contributed by atoms with Crippen LogP contribution in [-0.2, 0) is 40.5 Å². The SMILES string of the molecule is Nc1ccc(N=Nc2c(S(=O)(=O)O)cc3cc(S(=O)(=O)O)c(N=Nc4ccc(S(=O)(=O)O)cc4)c(N)c3c2O)c(S(=O)(=O)O)c1. The van der Waals surface area contributed by atoms with Gasteiger partial charge in [0.15, 0.2) is 5.75 Å². The van der Waals surface area contributed by atoms with Gasteiger partial charge < -0.3 is 16.6 Å². The Bertz CT molecular complexity index is 2390. The molecule has 238 valence electrons. The van der Waals surface area contributed by atoms with E-state index < -0.39 is 99.3 Å². The molecule has 9 N–H and O–H groups in total. The van der Waals surface area contributed by atoms with Crippen molar-refractivity contribution in [2.24, 2.45) is 20.5 Å². The Hall–Kier alpha value is -4.62. The fourth-order valence-electron chi connectivity index (χ4n) is 3.82. The van der Waals surface area contributed by atoms with Gasteiger partial charge in [-0.25, -0.2) is 0 Å². The molecule has 0 saturated heterocycles. The van der Waals surface area contributed by atoms with E-state index in [4.69, 9.17) is 16.0 Å². The zero-order valence-corrected chi connectivity index (χ0v) is 25.0. The molecule has 23 heteroatoms. The average molecular weight is 703 g/mol. The van der Waals surface area contributed by atoms with Crippen molar-refractivity contribution < 1.29 is 57.0 Å². The molecule has 0 saturated carbocycles. The molecule has 0 fully saturated rings. The molecule has 0 spiro atoms. The number of hydrogen-bond acceptors (Lipinski definition) is 15. The van der Waals surface area contributed by atoms with Crippen LogP contribution in [0.15, 0.2) is 94.6 Å². The normalized spacial score (nSPS) is 13.2. The van der Waals surface area contributed by atoms with E-state index >= 15 is 0 Å². The zero-order valence-electron chi connectivity index (χ0n) is 21.8. The van der Waals surface area contributed by atoms with Crippen LogP contribution in [0.1, 0.15) is 0 Å². The number of nitrogens with zero attached hydrogens (tertiary/aromatic N) is 4. The van der Waals surface area contributed by atoms with Gasteiger partial charge in [-0.2, -0.15) is 38.8 Å². The van der Waals surface area contributed by atoms with Gasteiger partial charge in [0.2, 0.25) is 0 Å². The molecule has 4 rings (SSSR count). The summed E-state index contributed by atoms with van der Waals surface area (Å²) in [5.41, 5.74) is 8.24. The van der Waals surface area contributed by atoms with Gasteiger partial charge in [-0.3, -0.25) is 18.2 Å². The second-order valence-electron chi connectivity index (χ2n) is 8.83. The quantitative estimate of drug-likeness (QED) is 0.0784. The van der Waals surface area contributed by atoms with E-state index in [0.29, 0.717) is 12.1 Å². The Labute approximate surface area is 253 Å². The molecule has 0 aliphatic rings. The topological polar surface area (TPSA) is 339 Å². The summed E-state index contributed by atoms with van der Waals surface area (Å²) in [5, 5.41) is 24.5. The Morgan fingerprint density at radius 3 is 1.58 bits per heavy atom. The third kappa shape index (κ3) is 7.04. The summed E-state index contributed by atoms with van der Waals surface area (Å²) in [6, 6.07) is 8.14. The summed E-state index contributed by atoms with van der Waals surface area (Å²) < 4.78 is 133. The molecule has 0 unspecified atom stereocenters. The molecule has 4 aromatic carbocycles. The predicted molar refractivity (Wildman–Crippen MR) is 155 cm³/mol. The van der Waals surface area contributed by atoms with Crippen molar-refractivity contribution >= 4 is 85.4 Å². The van der Waals surface area contributed by atoms with Crippen LogP contribution in [0.3, 0.4) is 0 Å². The lowest BCUT2D eigenvalue weighted by Gasteiger charge is -2.14. The van der Waals surface area contributed by atoms with E-state index in [1.165, 1.54) is 0 Å². The first-order valence-corrected chi connectivity index (χ1v) is 17.2. The lowest BCUT2D eigenvalue weighted by Crippen LogP contribution is -2.04. The number of phenols is 1. The van der Waals surface area contributed by atoms with Crippen LogP contribution in [0.4, 0.5) is 34.1 Å². The fraction of sp³-hybridized carbons (Fsp3) is 0. The molecule has 0 aliphatic heterocycles. The van der Waals surface area contributed by atoms with Gasteiger partial charge in [0.1, 0.15) is 31.7 Å². The number of hydrogen-bond donors (Lipinski definition) is 7. The third-order valence-electron chi connectivity index (χ3n) is 5.79. The molecule has 45 heavy (non-hydrogen) atoms. The molecule has 4 aromatic rings. The molecular weight excluding hydrogens is 685 g/mol. The van der Waals surface area contributed by atoms with E-state index in [1.807, 2.05) is 0 Å². The summed E-state index contributed by atoms with van der Waals surface area (Å²) in [4.78, 5) is -3.58. The lowest BCUT2D eigenvalue weighted by atomic mass is 10.1. The Kier molecular flexibility index (Phi) is 8.42. The minimum absolute atomic E-state index is 0.109. The van der Waals surface area contributed by atoms with Crippen LogP contribution < -0.4 is 11.5 Å². The Morgan fingerprint density at radius 1 is 0.556 bits per heavy atom. The average Bonchev–Trinajstić information content (AvgIpc) is 2.90. The van der Waals surface area contributed by atoms with Gasteiger partial charge in [-0.15, -0.1) is 15.3 Å². The van der Waals surface area contributed by atoms with Crippen LogP contribution in [0.25, 0.3) is 10.8 Å². The summed E-state index contributed by atoms with van der Waals surface area (Å²) in [6.07, 6.45) is 0. The molecule has 0 aromatic heterocycles. The number of benzene rings is 4. The lowest BCUT2D eigenvalue weighted by molar-refractivity contribution is 0.472. The highest BCUT2D eigenvalue weighted by Crippen LogP contribution is 2.48. The van der Waals surface area contributed by atoms with Crippen molar-refractivity contribution in [3.63, 3.8) is 0 Å². The van der Waals surface area contributed by atoms with Gasteiger partial charge >= 0.3 is 0 Å². The fourth-order valence-corrected chi connectivity index (χ4v) is 6.29. The number of azo groups is 2. The highest BCUT2D eigenvalue weighted by Gasteiger charge is 2.28. The molecule has 0 radical (unpaired) electrons. The number of anilines is 2. The van der Waals surface area contributed by atoms with Crippen LogP contribution in [-0.4, -0.2) is 57.0 Å². The van der Waals surface area contributed by atoms with Gasteiger partial charge in [-0.1, -0.05) is 0 Å². The summed E-state index contributed by atoms with van der Waals surface area (Å²) >= 11 is 0. The highest BCUT2D eigenvalue weighted by atomic mass is 32.2. The molecule has 19 nitrogen and oxygen atoms in total. The van der Waals surface area contributed by atoms with E-state index in [9.17, 15) is 52.4 Å². The minimum atomic E-state index is -5.29. The van der Waals surface area contributed by atoms with E-state index in [-0.39, 0.29) is 11.4 Å². The largest absolute Gasteiger partial charge is 0.505 e. The van der Waals surface area contributed by atoms with Crippen molar-refractivity contribution in [2.75, 3.05) is 11.5 Å². The minimum Gasteiger partial charge on any atom is -0.505 e. The van der Waals surface area contributed by atoms with Gasteiger partial charge in [0.25, 0.3) is 40.5 Å². The monoisotopic (exact) mass is 702 g/mol. The molecular formula is C22H18N6O13S4. The first-order chi connectivity index (χ1) is 20.6. The van der Waals surface area contributed by atoms with Gasteiger partial charge in [0, 0.05) is 5.69 Å². The summed E-state index contributed by atoms with van der Waals surface area (Å²) in [5.74, 6) is -1.15. The number of nitrogens with two attached hydrogens (primary N) is 2. The molecule has 0 aliphatic carbocycles. The van der Waals surface area contributed by atoms with Crippen molar-refractivity contribution in [3.05, 3.63) is 54.6 Å². The molecule has 0 atom stereocenters. The van der Waals surface area contributed by atoms with Crippen LogP contribution in [0, 0.1) is 0 Å². The van der Waals surface area contributed by atoms with Crippen molar-refractivity contribution in [2.45, 2.75) is 19.6 Å². The maximum atomic E-state index is 12.2. The maximum Gasteiger partial charge on any atom is 0.296 e. The number of phenolic OH excluding ortho intramolecular Hbond substituents is 1. The van der Waals surface area contributed by atoms with Crippen LogP contribution in [0.2, 0.25) is 0 Å². The first kappa shape index (κ1) is 33.3. The van der Waals surface area contributed by atoms with E-state index in [2.05, 4.69) is 20.5 Å². The maximum absolute atomic E-state index is 12.2. The van der Waals surface area contributed by atoms with Gasteiger partial charge in [0.05, 0.1) is 21.7 Å². The van der Waals surface area contributed by atoms with E-state index in [0.717, 1.165) is 42.5 Å². The predicted octanol–water partition coefficient (Wildman–Crippen LogP) is 3.53. The highest BCUT2D eigenvalue weighted by molar-refractivity contribution is 7.86. The second kappa shape index (κ2) is 11.4. The standard InChI is InChI=1S/C22H18N6O13S4/c23-11-1-6-14(15(9-11)43(33,34)35)26-28-21-17(45(39,40)41)8-10-7-16(44(36,37)38)20(19(24)18(10)22(21)29)27-25-12-2-4-13(5-3-12)42(30,31)32/h1-9,29H,23-24H2,(H,30,31,32)(H,33,34,35)(H,36,37,38)(H,39,40,41). The number of nitrogen functional groups attached to an aromatic ring is 2. The molecule has 0 amide bonds. The molecule has 0 bridgehead atoms. The van der Waals surface area contributed by atoms with Crippen LogP contribution in [0.5, 0.6) is 5.75 Å². The van der Waals surface area contributed by atoms with Crippen molar-refractivity contribution in [1.29, 1.82) is 0 Å². The second-order valence-corrected chi connectivity index (χ2v) is 14.4. The third-order valence-corrected chi connectivity index (χ3v) is 9.27. The smallest absolute Gasteiger partial charge is 0.296 e. The van der Waals surface area contributed by atoms with Gasteiger partial charge in [-0.05, 0) is 60.0 Å². The van der Waals surface area contributed by atoms with Crippen molar-refractivity contribution in [1.82, 2.24) is 0 Å². The number of fused-ring (bicyclic) bond motifs is 1. The van der Waals surface area contributed by atoms with Crippen LogP contribution >= 0.6 is 0 Å². The summed E-state index contributed by atoms with van der Waals surface area (Å²) in [7, 11) is -20.0. The molecule has 0 heterocycles. The number of aromatic hydroxyl groups is 1.